The molecule has 0 unspecified atom stereocenters. The van der Waals surface area contributed by atoms with Crippen molar-refractivity contribution in [3.63, 3.8) is 0 Å². The van der Waals surface area contributed by atoms with Crippen LogP contribution in [0.5, 0.6) is 0 Å². The van der Waals surface area contributed by atoms with Crippen molar-refractivity contribution in [1.82, 2.24) is 0 Å². The van der Waals surface area contributed by atoms with E-state index < -0.39 is 6.67 Å². The van der Waals surface area contributed by atoms with Gasteiger partial charge in [-0.2, -0.15) is 0 Å². The molecule has 1 rings (SSSR count). The van der Waals surface area contributed by atoms with E-state index in [4.69, 9.17) is 11.5 Å². The van der Waals surface area contributed by atoms with E-state index >= 15 is 0 Å². The van der Waals surface area contributed by atoms with Crippen LogP contribution < -0.4 is 11.5 Å². The lowest BCUT2D eigenvalue weighted by molar-refractivity contribution is 0.484. The molecule has 0 atom stereocenters. The summed E-state index contributed by atoms with van der Waals surface area (Å²) in [5.74, 6) is 0.0516. The topological polar surface area (TPSA) is 64.4 Å². The average Bonchev–Trinajstić information content (AvgIpc) is 2.15. The predicted octanol–water partition coefficient (Wildman–Crippen LogP) is 1.69. The van der Waals surface area contributed by atoms with Crippen LogP contribution in [0.25, 0.3) is 0 Å². The van der Waals surface area contributed by atoms with Crippen molar-refractivity contribution >= 4 is 21.9 Å². The average molecular weight is 259 g/mol. The lowest BCUT2D eigenvalue weighted by Gasteiger charge is -2.02. The molecule has 0 radical (unpaired) electrons. The van der Waals surface area contributed by atoms with Crippen LogP contribution in [0, 0.1) is 0 Å². The van der Waals surface area contributed by atoms with Crippen molar-refractivity contribution in [3.05, 3.63) is 33.8 Å². The number of benzene rings is 1. The van der Waals surface area contributed by atoms with Gasteiger partial charge in [-0.25, -0.2) is 9.38 Å². The van der Waals surface area contributed by atoms with Crippen molar-refractivity contribution in [2.45, 2.75) is 13.2 Å². The fraction of sp³-hybridized carbons (Fsp3) is 0.222. The molecule has 14 heavy (non-hydrogen) atoms. The molecular formula is C9H11BrFN3. The minimum absolute atomic E-state index is 0.0516. The van der Waals surface area contributed by atoms with Crippen LogP contribution in [0.4, 0.5) is 4.39 Å². The van der Waals surface area contributed by atoms with Crippen LogP contribution in [-0.2, 0) is 13.2 Å². The second kappa shape index (κ2) is 4.95. The Kier molecular flexibility index (Phi) is 3.88. The molecule has 0 aliphatic carbocycles. The van der Waals surface area contributed by atoms with E-state index in [-0.39, 0.29) is 5.96 Å². The van der Waals surface area contributed by atoms with E-state index in [9.17, 15) is 4.39 Å². The molecule has 0 spiro atoms. The molecule has 0 aliphatic heterocycles. The van der Waals surface area contributed by atoms with Gasteiger partial charge in [0, 0.05) is 4.47 Å². The number of hydrogen-bond acceptors (Lipinski definition) is 1. The fourth-order valence-electron chi connectivity index (χ4n) is 0.980. The molecule has 0 aliphatic rings. The Morgan fingerprint density at radius 2 is 2.14 bits per heavy atom. The van der Waals surface area contributed by atoms with Gasteiger partial charge < -0.3 is 11.5 Å². The lowest BCUT2D eigenvalue weighted by Crippen LogP contribution is -2.22. The van der Waals surface area contributed by atoms with Gasteiger partial charge in [0.25, 0.3) is 0 Å². The van der Waals surface area contributed by atoms with Gasteiger partial charge >= 0.3 is 0 Å². The summed E-state index contributed by atoms with van der Waals surface area (Å²) in [4.78, 5) is 3.85. The van der Waals surface area contributed by atoms with Crippen LogP contribution in [0.15, 0.2) is 27.7 Å². The van der Waals surface area contributed by atoms with Crippen LogP contribution in [0.2, 0.25) is 0 Å². The van der Waals surface area contributed by atoms with Crippen LogP contribution in [0.3, 0.4) is 0 Å². The van der Waals surface area contributed by atoms with Crippen molar-refractivity contribution < 1.29 is 4.39 Å². The van der Waals surface area contributed by atoms with E-state index in [1.54, 1.807) is 18.2 Å². The summed E-state index contributed by atoms with van der Waals surface area (Å²) in [5, 5.41) is 0. The lowest BCUT2D eigenvalue weighted by atomic mass is 10.1. The Labute approximate surface area is 90.1 Å². The molecule has 1 aromatic rings. The van der Waals surface area contributed by atoms with E-state index in [0.29, 0.717) is 12.1 Å². The third kappa shape index (κ3) is 2.99. The molecule has 0 bridgehead atoms. The third-order valence-electron chi connectivity index (χ3n) is 1.71. The maximum atomic E-state index is 12.3. The molecule has 4 N–H and O–H groups in total. The summed E-state index contributed by atoms with van der Waals surface area (Å²) >= 11 is 3.26. The van der Waals surface area contributed by atoms with Gasteiger partial charge in [-0.1, -0.05) is 28.1 Å². The summed E-state index contributed by atoms with van der Waals surface area (Å²) < 4.78 is 13.1. The number of guanidine groups is 1. The first-order valence-electron chi connectivity index (χ1n) is 4.02. The molecule has 3 nitrogen and oxygen atoms in total. The van der Waals surface area contributed by atoms with E-state index in [2.05, 4.69) is 20.9 Å². The van der Waals surface area contributed by atoms with Gasteiger partial charge in [-0.3, -0.25) is 0 Å². The van der Waals surface area contributed by atoms with Crippen molar-refractivity contribution in [3.8, 4) is 0 Å². The highest BCUT2D eigenvalue weighted by Crippen LogP contribution is 2.19. The number of alkyl halides is 1. The van der Waals surface area contributed by atoms with Gasteiger partial charge in [0.2, 0.25) is 0 Å². The Morgan fingerprint density at radius 3 is 2.64 bits per heavy atom. The number of halogens is 2. The Morgan fingerprint density at radius 1 is 1.43 bits per heavy atom. The molecule has 0 aromatic heterocycles. The molecule has 0 heterocycles. The number of hydrogen-bond donors (Lipinski definition) is 2. The number of nitrogens with zero attached hydrogens (tertiary/aromatic N) is 1. The largest absolute Gasteiger partial charge is 0.370 e. The van der Waals surface area contributed by atoms with Crippen molar-refractivity contribution in [2.24, 2.45) is 16.5 Å². The molecule has 0 amide bonds. The van der Waals surface area contributed by atoms with Crippen LogP contribution in [-0.4, -0.2) is 5.96 Å². The fourth-order valence-corrected chi connectivity index (χ4v) is 1.51. The smallest absolute Gasteiger partial charge is 0.186 e. The number of nitrogens with two attached hydrogens (primary N) is 2. The monoisotopic (exact) mass is 258 g/mol. The highest BCUT2D eigenvalue weighted by Gasteiger charge is 2.00. The zero-order valence-corrected chi connectivity index (χ0v) is 9.09. The maximum absolute atomic E-state index is 12.3. The minimum Gasteiger partial charge on any atom is -0.370 e. The van der Waals surface area contributed by atoms with E-state index in [1.165, 1.54) is 0 Å². The molecule has 5 heteroatoms. The summed E-state index contributed by atoms with van der Waals surface area (Å²) in [5.41, 5.74) is 11.9. The standard InChI is InChI=1S/C9H11BrFN3/c10-8-3-6(5-14-9(12)13)1-2-7(8)4-11/h1-3H,4-5H2,(H4,12,13,14)/i11-1. The van der Waals surface area contributed by atoms with Crippen LogP contribution >= 0.6 is 15.9 Å². The maximum Gasteiger partial charge on any atom is 0.186 e. The second-order valence-corrected chi connectivity index (χ2v) is 3.65. The van der Waals surface area contributed by atoms with E-state index in [1.807, 2.05) is 0 Å². The Balaban J connectivity index is 2.81. The SMILES string of the molecule is NC(N)=NCc1ccc(C[18F])c(Br)c1. The molecular weight excluding hydrogens is 248 g/mol. The normalized spacial score (nSPS) is 9.86. The molecule has 0 saturated heterocycles. The van der Waals surface area contributed by atoms with Crippen molar-refractivity contribution in [2.75, 3.05) is 0 Å². The second-order valence-electron chi connectivity index (χ2n) is 2.80. The van der Waals surface area contributed by atoms with Gasteiger partial charge in [0.05, 0.1) is 6.54 Å². The molecule has 1 aromatic carbocycles. The van der Waals surface area contributed by atoms with Gasteiger partial charge in [-0.15, -0.1) is 0 Å². The van der Waals surface area contributed by atoms with Crippen LogP contribution in [0.1, 0.15) is 11.1 Å². The molecule has 76 valence electrons. The number of rotatable bonds is 3. The highest BCUT2D eigenvalue weighted by molar-refractivity contribution is 9.10. The first-order valence-corrected chi connectivity index (χ1v) is 4.81. The first kappa shape index (κ1) is 11.0. The zero-order chi connectivity index (χ0) is 10.6. The van der Waals surface area contributed by atoms with E-state index in [0.717, 1.165) is 10.0 Å². The Hall–Kier alpha value is -1.10. The summed E-state index contributed by atoms with van der Waals surface area (Å²) in [6, 6.07) is 5.31. The highest BCUT2D eigenvalue weighted by atomic mass is 79.9. The van der Waals surface area contributed by atoms with Gasteiger partial charge in [-0.05, 0) is 17.2 Å². The molecule has 0 fully saturated rings. The predicted molar refractivity (Wildman–Crippen MR) is 58.5 cm³/mol. The van der Waals surface area contributed by atoms with Gasteiger partial charge in [0.1, 0.15) is 6.67 Å². The van der Waals surface area contributed by atoms with Gasteiger partial charge in [0.15, 0.2) is 5.96 Å². The summed E-state index contributed by atoms with van der Waals surface area (Å²) in [6.07, 6.45) is 0. The molecule has 0 saturated carbocycles. The van der Waals surface area contributed by atoms with Crippen molar-refractivity contribution in [1.29, 1.82) is 0 Å². The number of aliphatic imine (C=N–C) groups is 1. The quantitative estimate of drug-likeness (QED) is 0.640. The minimum atomic E-state index is -0.483. The first-order chi connectivity index (χ1) is 6.63. The Bertz CT molecular complexity index is 348. The third-order valence-corrected chi connectivity index (χ3v) is 2.44. The summed E-state index contributed by atoms with van der Waals surface area (Å²) in [7, 11) is 0. The zero-order valence-electron chi connectivity index (χ0n) is 7.50. The summed E-state index contributed by atoms with van der Waals surface area (Å²) in [6.45, 7) is -0.0728.